The Hall–Kier alpha value is -1.54. The Balaban J connectivity index is 2.42. The third-order valence-corrected chi connectivity index (χ3v) is 3.00. The predicted molar refractivity (Wildman–Crippen MR) is 68.0 cm³/mol. The Labute approximate surface area is 96.7 Å². The first-order valence-electron chi connectivity index (χ1n) is 5.66. The van der Waals surface area contributed by atoms with Crippen molar-refractivity contribution in [1.29, 1.82) is 0 Å². The predicted octanol–water partition coefficient (Wildman–Crippen LogP) is 2.60. The second kappa shape index (κ2) is 4.54. The molecular formula is C14H18N2. The lowest BCUT2D eigenvalue weighted by Gasteiger charge is -2.10. The van der Waals surface area contributed by atoms with Crippen molar-refractivity contribution >= 4 is 0 Å². The summed E-state index contributed by atoms with van der Waals surface area (Å²) in [6.07, 6.45) is 3.01. The van der Waals surface area contributed by atoms with Gasteiger partial charge in [0, 0.05) is 24.0 Å². The zero-order chi connectivity index (χ0) is 11.5. The summed E-state index contributed by atoms with van der Waals surface area (Å²) in [5.41, 5.74) is 10.7. The van der Waals surface area contributed by atoms with Gasteiger partial charge in [-0.3, -0.25) is 0 Å². The molecule has 0 aliphatic carbocycles. The minimum atomic E-state index is 0.689. The number of aromatic nitrogens is 1. The third kappa shape index (κ3) is 2.02. The van der Waals surface area contributed by atoms with Crippen LogP contribution < -0.4 is 5.73 Å². The molecule has 84 valence electrons. The first-order valence-corrected chi connectivity index (χ1v) is 5.66. The molecule has 1 aromatic heterocycles. The molecule has 16 heavy (non-hydrogen) atoms. The van der Waals surface area contributed by atoms with E-state index in [0.717, 1.165) is 6.42 Å². The van der Waals surface area contributed by atoms with Crippen LogP contribution in [0.2, 0.25) is 0 Å². The monoisotopic (exact) mass is 214 g/mol. The molecule has 0 aliphatic heterocycles. The van der Waals surface area contributed by atoms with E-state index in [1.54, 1.807) is 0 Å². The summed E-state index contributed by atoms with van der Waals surface area (Å²) in [5, 5.41) is 0. The van der Waals surface area contributed by atoms with E-state index < -0.39 is 0 Å². The van der Waals surface area contributed by atoms with Gasteiger partial charge in [-0.15, -0.1) is 0 Å². The Kier molecular flexibility index (Phi) is 3.11. The molecular weight excluding hydrogens is 196 g/mol. The normalized spacial score (nSPS) is 10.7. The molecule has 0 saturated heterocycles. The highest BCUT2D eigenvalue weighted by molar-refractivity contribution is 5.41. The molecule has 0 atom stereocenters. The fourth-order valence-corrected chi connectivity index (χ4v) is 1.90. The molecule has 0 saturated carbocycles. The summed E-state index contributed by atoms with van der Waals surface area (Å²) in [5.74, 6) is 0. The van der Waals surface area contributed by atoms with Crippen molar-refractivity contribution in [1.82, 2.24) is 4.57 Å². The minimum absolute atomic E-state index is 0.689. The lowest BCUT2D eigenvalue weighted by Crippen LogP contribution is -2.07. The largest absolute Gasteiger partial charge is 0.330 e. The van der Waals surface area contributed by atoms with Crippen LogP contribution >= 0.6 is 0 Å². The van der Waals surface area contributed by atoms with Crippen LogP contribution in [-0.4, -0.2) is 11.1 Å². The summed E-state index contributed by atoms with van der Waals surface area (Å²) >= 11 is 0. The van der Waals surface area contributed by atoms with Gasteiger partial charge >= 0.3 is 0 Å². The summed E-state index contributed by atoms with van der Waals surface area (Å²) in [6.45, 7) is 4.97. The Morgan fingerprint density at radius 3 is 2.62 bits per heavy atom. The third-order valence-electron chi connectivity index (χ3n) is 3.00. The zero-order valence-electron chi connectivity index (χ0n) is 9.90. The van der Waals surface area contributed by atoms with Crippen LogP contribution in [0, 0.1) is 13.8 Å². The average Bonchev–Trinajstić information content (AvgIpc) is 2.71. The van der Waals surface area contributed by atoms with Gasteiger partial charge in [-0.25, -0.2) is 0 Å². The van der Waals surface area contributed by atoms with E-state index in [9.17, 15) is 0 Å². The van der Waals surface area contributed by atoms with Crippen molar-refractivity contribution in [3.05, 3.63) is 53.3 Å². The standard InChI is InChI=1S/C14H18N2/c1-11-5-6-14(10-12(11)2)16-9-3-4-13(16)7-8-15/h3-6,9-10H,7-8,15H2,1-2H3. The Morgan fingerprint density at radius 2 is 1.94 bits per heavy atom. The Bertz CT molecular complexity index is 483. The molecule has 0 aliphatic rings. The van der Waals surface area contributed by atoms with Gasteiger partial charge in [0.1, 0.15) is 0 Å². The maximum Gasteiger partial charge on any atom is 0.0455 e. The topological polar surface area (TPSA) is 30.9 Å². The van der Waals surface area contributed by atoms with Crippen LogP contribution in [0.3, 0.4) is 0 Å². The molecule has 0 fully saturated rings. The molecule has 0 spiro atoms. The van der Waals surface area contributed by atoms with Crippen molar-refractivity contribution < 1.29 is 0 Å². The van der Waals surface area contributed by atoms with Crippen LogP contribution in [-0.2, 0) is 6.42 Å². The molecule has 2 rings (SSSR count). The van der Waals surface area contributed by atoms with Crippen LogP contribution in [0.4, 0.5) is 0 Å². The summed E-state index contributed by atoms with van der Waals surface area (Å²) in [4.78, 5) is 0. The van der Waals surface area contributed by atoms with Gasteiger partial charge < -0.3 is 10.3 Å². The van der Waals surface area contributed by atoms with Gasteiger partial charge in [-0.2, -0.15) is 0 Å². The molecule has 2 aromatic rings. The van der Waals surface area contributed by atoms with Crippen molar-refractivity contribution in [3.63, 3.8) is 0 Å². The highest BCUT2D eigenvalue weighted by atomic mass is 15.0. The van der Waals surface area contributed by atoms with Crippen molar-refractivity contribution in [2.75, 3.05) is 6.54 Å². The van der Waals surface area contributed by atoms with Gasteiger partial charge in [0.2, 0.25) is 0 Å². The van der Waals surface area contributed by atoms with Crippen molar-refractivity contribution in [3.8, 4) is 5.69 Å². The maximum absolute atomic E-state index is 5.61. The van der Waals surface area contributed by atoms with Gasteiger partial charge in [0.25, 0.3) is 0 Å². The lowest BCUT2D eigenvalue weighted by molar-refractivity contribution is 0.873. The molecule has 1 heterocycles. The van der Waals surface area contributed by atoms with Crippen LogP contribution in [0.25, 0.3) is 5.69 Å². The highest BCUT2D eigenvalue weighted by Crippen LogP contribution is 2.16. The smallest absolute Gasteiger partial charge is 0.0455 e. The summed E-state index contributed by atoms with van der Waals surface area (Å²) in [7, 11) is 0. The average molecular weight is 214 g/mol. The van der Waals surface area contributed by atoms with Crippen molar-refractivity contribution in [2.45, 2.75) is 20.3 Å². The SMILES string of the molecule is Cc1ccc(-n2cccc2CCN)cc1C. The number of nitrogens with two attached hydrogens (primary N) is 1. The van der Waals surface area contributed by atoms with E-state index in [-0.39, 0.29) is 0 Å². The van der Waals surface area contributed by atoms with Crippen LogP contribution in [0.1, 0.15) is 16.8 Å². The van der Waals surface area contributed by atoms with Crippen LogP contribution in [0.15, 0.2) is 36.5 Å². The minimum Gasteiger partial charge on any atom is -0.330 e. The van der Waals surface area contributed by atoms with Gasteiger partial charge in [-0.1, -0.05) is 6.07 Å². The second-order valence-electron chi connectivity index (χ2n) is 4.18. The molecule has 0 unspecified atom stereocenters. The fourth-order valence-electron chi connectivity index (χ4n) is 1.90. The molecule has 2 nitrogen and oxygen atoms in total. The molecule has 1 aromatic carbocycles. The van der Waals surface area contributed by atoms with E-state index in [1.807, 2.05) is 0 Å². The molecule has 2 N–H and O–H groups in total. The number of aryl methyl sites for hydroxylation is 2. The van der Waals surface area contributed by atoms with E-state index >= 15 is 0 Å². The summed E-state index contributed by atoms with van der Waals surface area (Å²) in [6, 6.07) is 10.7. The summed E-state index contributed by atoms with van der Waals surface area (Å²) < 4.78 is 2.21. The first-order chi connectivity index (χ1) is 7.72. The van der Waals surface area contributed by atoms with E-state index in [0.29, 0.717) is 6.54 Å². The Morgan fingerprint density at radius 1 is 1.12 bits per heavy atom. The molecule has 0 radical (unpaired) electrons. The fraction of sp³-hybridized carbons (Fsp3) is 0.286. The number of hydrogen-bond acceptors (Lipinski definition) is 1. The quantitative estimate of drug-likeness (QED) is 0.836. The maximum atomic E-state index is 5.61. The first kappa shape index (κ1) is 11.0. The number of benzene rings is 1. The molecule has 2 heteroatoms. The molecule has 0 bridgehead atoms. The van der Waals surface area contributed by atoms with Crippen LogP contribution in [0.5, 0.6) is 0 Å². The highest BCUT2D eigenvalue weighted by Gasteiger charge is 2.03. The zero-order valence-corrected chi connectivity index (χ0v) is 9.90. The molecule has 0 amide bonds. The van der Waals surface area contributed by atoms with Crippen molar-refractivity contribution in [2.24, 2.45) is 5.73 Å². The number of rotatable bonds is 3. The second-order valence-corrected chi connectivity index (χ2v) is 4.18. The van der Waals surface area contributed by atoms with Gasteiger partial charge in [-0.05, 0) is 55.8 Å². The number of nitrogens with zero attached hydrogens (tertiary/aromatic N) is 1. The number of hydrogen-bond donors (Lipinski definition) is 1. The van der Waals surface area contributed by atoms with E-state index in [2.05, 4.69) is 54.9 Å². The van der Waals surface area contributed by atoms with Gasteiger partial charge in [0.05, 0.1) is 0 Å². The van der Waals surface area contributed by atoms with Gasteiger partial charge in [0.15, 0.2) is 0 Å². The van der Waals surface area contributed by atoms with E-state index in [4.69, 9.17) is 5.73 Å². The lowest BCUT2D eigenvalue weighted by atomic mass is 10.1. The van der Waals surface area contributed by atoms with E-state index in [1.165, 1.54) is 22.5 Å².